The first-order valence-electron chi connectivity index (χ1n) is 7.42. The van der Waals surface area contributed by atoms with E-state index in [-0.39, 0.29) is 5.91 Å². The molecule has 116 valence electrons. The highest BCUT2D eigenvalue weighted by molar-refractivity contribution is 6.19. The second kappa shape index (κ2) is 6.04. The number of rotatable bonds is 3. The van der Waals surface area contributed by atoms with Gasteiger partial charge in [-0.25, -0.2) is 0 Å². The fourth-order valence-corrected chi connectivity index (χ4v) is 2.70. The van der Waals surface area contributed by atoms with Crippen molar-refractivity contribution in [1.82, 2.24) is 20.1 Å². The highest BCUT2D eigenvalue weighted by Gasteiger charge is 2.16. The first kappa shape index (κ1) is 15.0. The predicted molar refractivity (Wildman–Crippen MR) is 91.7 cm³/mol. The Labute approximate surface area is 134 Å². The Morgan fingerprint density at radius 1 is 1.04 bits per heavy atom. The summed E-state index contributed by atoms with van der Waals surface area (Å²) in [5.41, 5.74) is 1.48. The van der Waals surface area contributed by atoms with Gasteiger partial charge in [-0.1, -0.05) is 42.5 Å². The predicted octanol–water partition coefficient (Wildman–Crippen LogP) is 2.79. The Kier molecular flexibility index (Phi) is 3.93. The van der Waals surface area contributed by atoms with Gasteiger partial charge in [0.15, 0.2) is 0 Å². The quantitative estimate of drug-likeness (QED) is 0.757. The maximum Gasteiger partial charge on any atom is 0.268 e. The number of likely N-dealkylation sites (N-methyl/N-ethyl adjacent to an activating group) is 1. The Balaban J connectivity index is 2.24. The summed E-state index contributed by atoms with van der Waals surface area (Å²) in [5, 5.41) is 13.0. The molecule has 0 fully saturated rings. The number of hydrogen-bond donors (Lipinski definition) is 1. The SMILES string of the molecule is CNC(=O)/C(=C\c1cccc2ccccc12)n1c(C)nnc1C. The second-order valence-corrected chi connectivity index (χ2v) is 5.31. The molecule has 1 N–H and O–H groups in total. The van der Waals surface area contributed by atoms with E-state index in [9.17, 15) is 4.79 Å². The lowest BCUT2D eigenvalue weighted by atomic mass is 10.0. The van der Waals surface area contributed by atoms with E-state index >= 15 is 0 Å². The van der Waals surface area contributed by atoms with Crippen molar-refractivity contribution in [3.63, 3.8) is 0 Å². The monoisotopic (exact) mass is 306 g/mol. The van der Waals surface area contributed by atoms with Gasteiger partial charge in [0, 0.05) is 7.05 Å². The molecule has 5 heteroatoms. The van der Waals surface area contributed by atoms with Crippen molar-refractivity contribution in [2.45, 2.75) is 13.8 Å². The molecule has 0 aliphatic rings. The van der Waals surface area contributed by atoms with Crippen LogP contribution in [0, 0.1) is 13.8 Å². The van der Waals surface area contributed by atoms with Gasteiger partial charge < -0.3 is 5.32 Å². The van der Waals surface area contributed by atoms with Crippen molar-refractivity contribution in [3.05, 3.63) is 59.7 Å². The van der Waals surface area contributed by atoms with E-state index < -0.39 is 0 Å². The molecule has 0 radical (unpaired) electrons. The smallest absolute Gasteiger partial charge is 0.268 e. The summed E-state index contributed by atoms with van der Waals surface area (Å²) < 4.78 is 1.76. The molecule has 23 heavy (non-hydrogen) atoms. The Morgan fingerprint density at radius 3 is 2.39 bits per heavy atom. The molecule has 1 amide bonds. The van der Waals surface area contributed by atoms with E-state index in [4.69, 9.17) is 0 Å². The van der Waals surface area contributed by atoms with Crippen molar-refractivity contribution in [1.29, 1.82) is 0 Å². The van der Waals surface area contributed by atoms with Gasteiger partial charge in [-0.15, -0.1) is 10.2 Å². The van der Waals surface area contributed by atoms with Gasteiger partial charge in [0.2, 0.25) is 0 Å². The van der Waals surface area contributed by atoms with Gasteiger partial charge in [0.25, 0.3) is 5.91 Å². The van der Waals surface area contributed by atoms with Gasteiger partial charge in [-0.3, -0.25) is 9.36 Å². The Morgan fingerprint density at radius 2 is 1.70 bits per heavy atom. The van der Waals surface area contributed by atoms with Crippen LogP contribution < -0.4 is 5.32 Å². The number of nitrogens with one attached hydrogen (secondary N) is 1. The van der Waals surface area contributed by atoms with Crippen LogP contribution in [0.15, 0.2) is 42.5 Å². The standard InChI is InChI=1S/C18H18N4O/c1-12-20-21-13(2)22(12)17(18(23)19-3)11-15-9-6-8-14-7-4-5-10-16(14)15/h4-11H,1-3H3,(H,19,23)/b17-11+. The third kappa shape index (κ3) is 2.73. The summed E-state index contributed by atoms with van der Waals surface area (Å²) in [6, 6.07) is 14.2. The third-order valence-electron chi connectivity index (χ3n) is 3.80. The number of carbonyl (C=O) groups is 1. The molecule has 0 unspecified atom stereocenters. The zero-order valence-electron chi connectivity index (χ0n) is 13.4. The average molecular weight is 306 g/mol. The van der Waals surface area contributed by atoms with E-state index in [2.05, 4.69) is 33.7 Å². The van der Waals surface area contributed by atoms with E-state index in [1.807, 2.05) is 44.2 Å². The normalized spacial score (nSPS) is 11.7. The maximum atomic E-state index is 12.4. The minimum Gasteiger partial charge on any atom is -0.354 e. The van der Waals surface area contributed by atoms with Gasteiger partial charge in [0.1, 0.15) is 17.3 Å². The summed E-state index contributed by atoms with van der Waals surface area (Å²) in [5.74, 6) is 1.18. The van der Waals surface area contributed by atoms with Crippen molar-refractivity contribution in [2.75, 3.05) is 7.05 Å². The zero-order chi connectivity index (χ0) is 16.4. The largest absolute Gasteiger partial charge is 0.354 e. The molecule has 0 saturated carbocycles. The molecule has 0 atom stereocenters. The molecular formula is C18H18N4O. The first-order chi connectivity index (χ1) is 11.1. The van der Waals surface area contributed by atoms with E-state index in [0.29, 0.717) is 17.3 Å². The maximum absolute atomic E-state index is 12.4. The highest BCUT2D eigenvalue weighted by atomic mass is 16.2. The van der Waals surface area contributed by atoms with Gasteiger partial charge >= 0.3 is 0 Å². The third-order valence-corrected chi connectivity index (χ3v) is 3.80. The Hall–Kier alpha value is -2.95. The molecule has 0 aliphatic heterocycles. The molecule has 0 spiro atoms. The van der Waals surface area contributed by atoms with Crippen LogP contribution in [-0.2, 0) is 4.79 Å². The van der Waals surface area contributed by atoms with Gasteiger partial charge in [-0.2, -0.15) is 0 Å². The lowest BCUT2D eigenvalue weighted by molar-refractivity contribution is -0.115. The van der Waals surface area contributed by atoms with Crippen molar-refractivity contribution in [2.24, 2.45) is 0 Å². The first-order valence-corrected chi connectivity index (χ1v) is 7.42. The zero-order valence-corrected chi connectivity index (χ0v) is 13.4. The number of carbonyl (C=O) groups excluding carboxylic acids is 1. The summed E-state index contributed by atoms with van der Waals surface area (Å²) >= 11 is 0. The Bertz CT molecular complexity index is 884. The minimum atomic E-state index is -0.177. The van der Waals surface area contributed by atoms with Crippen molar-refractivity contribution in [3.8, 4) is 0 Å². The van der Waals surface area contributed by atoms with Crippen molar-refractivity contribution >= 4 is 28.5 Å². The van der Waals surface area contributed by atoms with Crippen LogP contribution in [-0.4, -0.2) is 27.7 Å². The van der Waals surface area contributed by atoms with E-state index in [1.165, 1.54) is 0 Å². The van der Waals surface area contributed by atoms with Crippen LogP contribution in [0.5, 0.6) is 0 Å². The van der Waals surface area contributed by atoms with Crippen LogP contribution in [0.2, 0.25) is 0 Å². The molecule has 5 nitrogen and oxygen atoms in total. The molecule has 3 rings (SSSR count). The summed E-state index contributed by atoms with van der Waals surface area (Å²) in [6.45, 7) is 3.67. The number of amides is 1. The second-order valence-electron chi connectivity index (χ2n) is 5.31. The van der Waals surface area contributed by atoms with Crippen LogP contribution in [0.25, 0.3) is 22.5 Å². The molecule has 0 aliphatic carbocycles. The van der Waals surface area contributed by atoms with Crippen LogP contribution in [0.1, 0.15) is 17.2 Å². The number of benzene rings is 2. The molecule has 3 aromatic rings. The fraction of sp³-hybridized carbons (Fsp3) is 0.167. The lowest BCUT2D eigenvalue weighted by Crippen LogP contribution is -2.23. The summed E-state index contributed by atoms with van der Waals surface area (Å²) in [7, 11) is 1.62. The molecule has 2 aromatic carbocycles. The molecular weight excluding hydrogens is 288 g/mol. The van der Waals surface area contributed by atoms with E-state index in [0.717, 1.165) is 16.3 Å². The number of fused-ring (bicyclic) bond motifs is 1. The van der Waals surface area contributed by atoms with Crippen LogP contribution in [0.4, 0.5) is 0 Å². The minimum absolute atomic E-state index is 0.177. The summed E-state index contributed by atoms with van der Waals surface area (Å²) in [6.07, 6.45) is 1.88. The molecule has 0 bridgehead atoms. The summed E-state index contributed by atoms with van der Waals surface area (Å²) in [4.78, 5) is 12.4. The van der Waals surface area contributed by atoms with E-state index in [1.54, 1.807) is 11.6 Å². The number of hydrogen-bond acceptors (Lipinski definition) is 3. The van der Waals surface area contributed by atoms with Crippen LogP contribution in [0.3, 0.4) is 0 Å². The topological polar surface area (TPSA) is 59.8 Å². The number of aryl methyl sites for hydroxylation is 2. The molecule has 0 saturated heterocycles. The highest BCUT2D eigenvalue weighted by Crippen LogP contribution is 2.23. The molecule has 1 heterocycles. The number of aromatic nitrogens is 3. The fourth-order valence-electron chi connectivity index (χ4n) is 2.70. The van der Waals surface area contributed by atoms with Gasteiger partial charge in [-0.05, 0) is 36.3 Å². The average Bonchev–Trinajstić information content (AvgIpc) is 2.91. The van der Waals surface area contributed by atoms with Crippen molar-refractivity contribution < 1.29 is 4.79 Å². The van der Waals surface area contributed by atoms with Crippen LogP contribution >= 0.6 is 0 Å². The molecule has 1 aromatic heterocycles. The lowest BCUT2D eigenvalue weighted by Gasteiger charge is -2.11. The number of nitrogens with zero attached hydrogens (tertiary/aromatic N) is 3. The van der Waals surface area contributed by atoms with Gasteiger partial charge in [0.05, 0.1) is 0 Å².